The second kappa shape index (κ2) is 13.8. The second-order valence-electron chi connectivity index (χ2n) is 10.6. The van der Waals surface area contributed by atoms with E-state index in [1.165, 1.54) is 0 Å². The zero-order valence-corrected chi connectivity index (χ0v) is 24.9. The standard InChI is InChI=1S/C23H38N4O5S2.2ClH/c1-22(2,3)21(30)32-14-31-20(29)17-23(4,5)34-19-16(18(28)27(17)19)25-13-26-9-6-15(7-10-26)12-33-11-8-24;;/h13,15-17,19H,6-12,14,24H2,1-5H3;2*1H/t16-,17+,19-;;/m1../s1. The van der Waals surface area contributed by atoms with Crippen molar-refractivity contribution < 1.29 is 23.9 Å². The van der Waals surface area contributed by atoms with Gasteiger partial charge in [0.15, 0.2) is 6.04 Å². The summed E-state index contributed by atoms with van der Waals surface area (Å²) in [5, 5.41) is -0.196. The number of β-lactam (4-membered cyclic amide) rings is 1. The second-order valence-corrected chi connectivity index (χ2v) is 13.5. The van der Waals surface area contributed by atoms with E-state index in [0.717, 1.165) is 44.0 Å². The summed E-state index contributed by atoms with van der Waals surface area (Å²) in [4.78, 5) is 45.9. The van der Waals surface area contributed by atoms with Crippen LogP contribution in [0.5, 0.6) is 0 Å². The minimum atomic E-state index is -0.739. The van der Waals surface area contributed by atoms with Gasteiger partial charge in [-0.25, -0.2) is 4.79 Å². The van der Waals surface area contributed by atoms with Gasteiger partial charge < -0.3 is 25.0 Å². The third kappa shape index (κ3) is 7.82. The molecule has 208 valence electrons. The molecule has 0 aromatic carbocycles. The Morgan fingerprint density at radius 3 is 2.44 bits per heavy atom. The molecule has 0 spiro atoms. The van der Waals surface area contributed by atoms with Gasteiger partial charge in [-0.05, 0) is 59.1 Å². The Labute approximate surface area is 235 Å². The first kappa shape index (κ1) is 33.1. The first-order valence-corrected chi connectivity index (χ1v) is 13.9. The number of halogens is 2. The van der Waals surface area contributed by atoms with E-state index in [0.29, 0.717) is 5.92 Å². The van der Waals surface area contributed by atoms with Crippen molar-refractivity contribution in [1.82, 2.24) is 9.80 Å². The van der Waals surface area contributed by atoms with E-state index in [1.54, 1.807) is 37.4 Å². The van der Waals surface area contributed by atoms with E-state index in [-0.39, 0.29) is 36.1 Å². The van der Waals surface area contributed by atoms with E-state index < -0.39 is 41.0 Å². The number of nitrogens with two attached hydrogens (primary N) is 1. The molecular weight excluding hydrogens is 547 g/mol. The van der Waals surface area contributed by atoms with Crippen molar-refractivity contribution in [3.05, 3.63) is 0 Å². The summed E-state index contributed by atoms with van der Waals surface area (Å²) >= 11 is 3.48. The van der Waals surface area contributed by atoms with Gasteiger partial charge in [0.25, 0.3) is 5.91 Å². The van der Waals surface area contributed by atoms with Crippen molar-refractivity contribution in [2.75, 3.05) is 37.9 Å². The highest BCUT2D eigenvalue weighted by atomic mass is 35.5. The number of piperidine rings is 1. The molecule has 0 bridgehead atoms. The Hall–Kier alpha value is -0.880. The molecule has 3 atom stereocenters. The Morgan fingerprint density at radius 1 is 1.22 bits per heavy atom. The molecule has 0 aliphatic carbocycles. The van der Waals surface area contributed by atoms with Crippen LogP contribution in [0.1, 0.15) is 47.5 Å². The van der Waals surface area contributed by atoms with Gasteiger partial charge in [0.1, 0.15) is 11.4 Å². The van der Waals surface area contributed by atoms with Crippen molar-refractivity contribution in [3.63, 3.8) is 0 Å². The number of likely N-dealkylation sites (tertiary alicyclic amines) is 1. The number of rotatable bonds is 9. The smallest absolute Gasteiger partial charge is 0.333 e. The van der Waals surface area contributed by atoms with E-state index in [9.17, 15) is 14.4 Å². The zero-order valence-electron chi connectivity index (χ0n) is 21.6. The number of carbonyl (C=O) groups is 3. The molecule has 3 saturated heterocycles. The van der Waals surface area contributed by atoms with Crippen LogP contribution in [0.4, 0.5) is 0 Å². The summed E-state index contributed by atoms with van der Waals surface area (Å²) in [7, 11) is 0. The first-order chi connectivity index (χ1) is 16.0. The van der Waals surface area contributed by atoms with Gasteiger partial charge in [-0.2, -0.15) is 11.8 Å². The van der Waals surface area contributed by atoms with Gasteiger partial charge in [-0.1, -0.05) is 0 Å². The lowest BCUT2D eigenvalue weighted by Gasteiger charge is -2.42. The average Bonchev–Trinajstić information content (AvgIpc) is 3.02. The summed E-state index contributed by atoms with van der Waals surface area (Å²) < 4.78 is 9.73. The number of esters is 2. The van der Waals surface area contributed by atoms with Gasteiger partial charge in [-0.3, -0.25) is 14.6 Å². The Balaban J connectivity index is 0.00000324. The lowest BCUT2D eigenvalue weighted by atomic mass is 9.96. The lowest BCUT2D eigenvalue weighted by Crippen LogP contribution is -2.65. The molecule has 0 radical (unpaired) electrons. The number of nitrogens with zero attached hydrogens (tertiary/aromatic N) is 3. The van der Waals surface area contributed by atoms with E-state index in [2.05, 4.69) is 9.89 Å². The highest BCUT2D eigenvalue weighted by molar-refractivity contribution is 8.01. The van der Waals surface area contributed by atoms with Crippen LogP contribution in [0.2, 0.25) is 0 Å². The highest BCUT2D eigenvalue weighted by Gasteiger charge is 2.64. The molecule has 3 rings (SSSR count). The predicted octanol–water partition coefficient (Wildman–Crippen LogP) is 2.78. The number of hydrogen-bond donors (Lipinski definition) is 1. The Bertz CT molecular complexity index is 804. The summed E-state index contributed by atoms with van der Waals surface area (Å²) in [5.41, 5.74) is 4.88. The number of aliphatic imine (C=N–C) groups is 1. The summed E-state index contributed by atoms with van der Waals surface area (Å²) in [6, 6.07) is -1.23. The van der Waals surface area contributed by atoms with Crippen LogP contribution >= 0.6 is 48.3 Å². The van der Waals surface area contributed by atoms with E-state index in [1.807, 2.05) is 31.9 Å². The lowest BCUT2D eigenvalue weighted by molar-refractivity contribution is -0.179. The molecule has 0 saturated carbocycles. The maximum atomic E-state index is 12.9. The SMILES string of the molecule is CC(C)(C)C(=O)OCOC(=O)[C@@H]1N2C(=O)[C@@H](N=CN3CCC(CSCCN)CC3)[C@H]2SC1(C)C.Cl.Cl. The molecule has 0 unspecified atom stereocenters. The molecule has 3 heterocycles. The van der Waals surface area contributed by atoms with Gasteiger partial charge in [0.05, 0.1) is 11.8 Å². The number of ether oxygens (including phenoxy) is 2. The van der Waals surface area contributed by atoms with Crippen molar-refractivity contribution in [2.24, 2.45) is 22.1 Å². The number of fused-ring (bicyclic) bond motifs is 1. The van der Waals surface area contributed by atoms with Crippen LogP contribution in [0.3, 0.4) is 0 Å². The first-order valence-electron chi connectivity index (χ1n) is 11.8. The monoisotopic (exact) mass is 586 g/mol. The fraction of sp³-hybridized carbons (Fsp3) is 0.826. The van der Waals surface area contributed by atoms with Gasteiger partial charge in [-0.15, -0.1) is 36.6 Å². The fourth-order valence-corrected chi connectivity index (χ4v) is 6.90. The van der Waals surface area contributed by atoms with Crippen LogP contribution in [-0.2, 0) is 23.9 Å². The molecule has 36 heavy (non-hydrogen) atoms. The average molecular weight is 588 g/mol. The molecule has 0 aromatic rings. The van der Waals surface area contributed by atoms with Crippen molar-refractivity contribution in [2.45, 2.75) is 69.7 Å². The molecule has 3 aliphatic rings. The minimum Gasteiger partial charge on any atom is -0.427 e. The number of thioether (sulfide) groups is 2. The van der Waals surface area contributed by atoms with Crippen LogP contribution in [-0.4, -0.2) is 94.1 Å². The molecule has 13 heteroatoms. The van der Waals surface area contributed by atoms with E-state index >= 15 is 0 Å². The summed E-state index contributed by atoms with van der Waals surface area (Å²) in [6.07, 6.45) is 4.05. The molecule has 3 fully saturated rings. The number of amides is 1. The van der Waals surface area contributed by atoms with Crippen LogP contribution in [0, 0.1) is 11.3 Å². The topological polar surface area (TPSA) is 115 Å². The molecule has 1 amide bonds. The molecule has 0 aromatic heterocycles. The molecular formula is C23H40Cl2N4O5S2. The van der Waals surface area contributed by atoms with Crippen LogP contribution < -0.4 is 5.73 Å². The predicted molar refractivity (Wildman–Crippen MR) is 150 cm³/mol. The third-order valence-electron chi connectivity index (χ3n) is 6.30. The maximum Gasteiger partial charge on any atom is 0.333 e. The number of hydrogen-bond acceptors (Lipinski definition) is 9. The molecule has 9 nitrogen and oxygen atoms in total. The van der Waals surface area contributed by atoms with Crippen molar-refractivity contribution in [1.29, 1.82) is 0 Å². The van der Waals surface area contributed by atoms with E-state index in [4.69, 9.17) is 15.2 Å². The quantitative estimate of drug-likeness (QED) is 0.109. The minimum absolute atomic E-state index is 0. The largest absolute Gasteiger partial charge is 0.427 e. The molecule has 2 N–H and O–H groups in total. The number of carbonyl (C=O) groups excluding carboxylic acids is 3. The summed E-state index contributed by atoms with van der Waals surface area (Å²) in [6.45, 7) is 11.2. The fourth-order valence-electron chi connectivity index (χ4n) is 4.28. The van der Waals surface area contributed by atoms with Crippen molar-refractivity contribution >= 4 is 72.5 Å². The Kier molecular flexibility index (Phi) is 12.7. The highest BCUT2D eigenvalue weighted by Crippen LogP contribution is 2.51. The Morgan fingerprint density at radius 2 is 1.86 bits per heavy atom. The van der Waals surface area contributed by atoms with Crippen LogP contribution in [0.15, 0.2) is 4.99 Å². The maximum absolute atomic E-state index is 12.9. The molecule has 3 aliphatic heterocycles. The zero-order chi connectivity index (χ0) is 25.1. The van der Waals surface area contributed by atoms with Crippen LogP contribution in [0.25, 0.3) is 0 Å². The normalized spacial score (nSPS) is 25.5. The third-order valence-corrected chi connectivity index (χ3v) is 9.08. The van der Waals surface area contributed by atoms with Gasteiger partial charge in [0.2, 0.25) is 6.79 Å². The van der Waals surface area contributed by atoms with Crippen molar-refractivity contribution in [3.8, 4) is 0 Å². The van der Waals surface area contributed by atoms with Gasteiger partial charge >= 0.3 is 11.9 Å². The summed E-state index contributed by atoms with van der Waals surface area (Å²) in [5.74, 6) is 1.69. The van der Waals surface area contributed by atoms with Gasteiger partial charge in [0, 0.05) is 30.1 Å².